The number of carbonyl (C=O) groups is 1. The lowest BCUT2D eigenvalue weighted by Gasteiger charge is -2.09. The highest BCUT2D eigenvalue weighted by atomic mass is 19.1. The van der Waals surface area contributed by atoms with E-state index in [-0.39, 0.29) is 18.2 Å². The zero-order valence-electron chi connectivity index (χ0n) is 7.61. The van der Waals surface area contributed by atoms with Crippen LogP contribution in [0.4, 0.5) is 4.39 Å². The molecule has 0 heterocycles. The average molecular weight is 194 g/mol. The van der Waals surface area contributed by atoms with Crippen molar-refractivity contribution in [2.75, 3.05) is 0 Å². The predicted molar refractivity (Wildman–Crippen MR) is 51.6 cm³/mol. The number of benzene rings is 1. The largest absolute Gasteiger partial charge is 0.481 e. The summed E-state index contributed by atoms with van der Waals surface area (Å²) in [5.41, 5.74) is 0.641. The molecule has 0 aliphatic carbocycles. The smallest absolute Gasteiger partial charge is 0.304 e. The molecule has 0 aliphatic heterocycles. The molecule has 0 bridgehead atoms. The summed E-state index contributed by atoms with van der Waals surface area (Å²) in [6.45, 7) is 3.53. The van der Waals surface area contributed by atoms with E-state index in [0.29, 0.717) is 5.56 Å². The molecule has 3 heteroatoms. The summed E-state index contributed by atoms with van der Waals surface area (Å²) in [6, 6.07) is 5.90. The van der Waals surface area contributed by atoms with Crippen molar-refractivity contribution in [3.05, 3.63) is 48.3 Å². The molecule has 1 aromatic rings. The SMILES string of the molecule is C=CC(CC(=O)O)c1cccc(F)c1. The molecular weight excluding hydrogens is 183 g/mol. The van der Waals surface area contributed by atoms with Crippen LogP contribution in [0.25, 0.3) is 0 Å². The van der Waals surface area contributed by atoms with Crippen LogP contribution in [-0.2, 0) is 4.79 Å². The van der Waals surface area contributed by atoms with Crippen LogP contribution in [0.1, 0.15) is 17.9 Å². The van der Waals surface area contributed by atoms with E-state index >= 15 is 0 Å². The predicted octanol–water partition coefficient (Wildman–Crippen LogP) is 2.57. The molecule has 0 amide bonds. The van der Waals surface area contributed by atoms with Crippen molar-refractivity contribution >= 4 is 5.97 Å². The van der Waals surface area contributed by atoms with Crippen LogP contribution in [0.15, 0.2) is 36.9 Å². The first kappa shape index (κ1) is 10.4. The number of allylic oxidation sites excluding steroid dienone is 1. The van der Waals surface area contributed by atoms with E-state index < -0.39 is 5.97 Å². The highest BCUT2D eigenvalue weighted by Crippen LogP contribution is 2.21. The Hall–Kier alpha value is -1.64. The molecule has 0 aliphatic rings. The number of hydrogen-bond donors (Lipinski definition) is 1. The van der Waals surface area contributed by atoms with Gasteiger partial charge in [-0.2, -0.15) is 0 Å². The minimum atomic E-state index is -0.917. The Bertz CT molecular complexity index is 347. The first-order valence-electron chi connectivity index (χ1n) is 4.23. The second kappa shape index (κ2) is 4.56. The summed E-state index contributed by atoms with van der Waals surface area (Å²) in [6.07, 6.45) is 1.45. The minimum absolute atomic E-state index is 0.0625. The fourth-order valence-electron chi connectivity index (χ4n) is 1.26. The van der Waals surface area contributed by atoms with Gasteiger partial charge in [0.25, 0.3) is 0 Å². The Morgan fingerprint density at radius 2 is 2.36 bits per heavy atom. The maximum absolute atomic E-state index is 12.8. The van der Waals surface area contributed by atoms with E-state index in [1.54, 1.807) is 12.1 Å². The molecule has 2 nitrogen and oxygen atoms in total. The van der Waals surface area contributed by atoms with Crippen LogP contribution in [0.2, 0.25) is 0 Å². The lowest BCUT2D eigenvalue weighted by Crippen LogP contribution is -2.03. The number of aliphatic carboxylic acids is 1. The topological polar surface area (TPSA) is 37.3 Å². The van der Waals surface area contributed by atoms with Gasteiger partial charge >= 0.3 is 5.97 Å². The second-order valence-corrected chi connectivity index (χ2v) is 3.00. The number of hydrogen-bond acceptors (Lipinski definition) is 1. The van der Waals surface area contributed by atoms with Gasteiger partial charge in [0.2, 0.25) is 0 Å². The Morgan fingerprint density at radius 1 is 1.64 bits per heavy atom. The van der Waals surface area contributed by atoms with E-state index in [9.17, 15) is 9.18 Å². The van der Waals surface area contributed by atoms with Gasteiger partial charge in [0.1, 0.15) is 5.82 Å². The van der Waals surface area contributed by atoms with Gasteiger partial charge in [-0.25, -0.2) is 4.39 Å². The summed E-state index contributed by atoms with van der Waals surface area (Å²) in [4.78, 5) is 10.5. The van der Waals surface area contributed by atoms with Crippen molar-refractivity contribution in [1.29, 1.82) is 0 Å². The van der Waals surface area contributed by atoms with Gasteiger partial charge in [0.05, 0.1) is 6.42 Å². The van der Waals surface area contributed by atoms with Crippen molar-refractivity contribution in [3.63, 3.8) is 0 Å². The molecule has 0 aromatic heterocycles. The van der Waals surface area contributed by atoms with Gasteiger partial charge in [0.15, 0.2) is 0 Å². The lowest BCUT2D eigenvalue weighted by molar-refractivity contribution is -0.137. The van der Waals surface area contributed by atoms with Gasteiger partial charge in [-0.15, -0.1) is 6.58 Å². The fraction of sp³-hybridized carbons (Fsp3) is 0.182. The Balaban J connectivity index is 2.89. The molecule has 0 saturated heterocycles. The van der Waals surface area contributed by atoms with Gasteiger partial charge < -0.3 is 5.11 Å². The summed E-state index contributed by atoms with van der Waals surface area (Å²) >= 11 is 0. The van der Waals surface area contributed by atoms with Crippen molar-refractivity contribution in [2.24, 2.45) is 0 Å². The third-order valence-electron chi connectivity index (χ3n) is 1.96. The molecule has 1 N–H and O–H groups in total. The van der Waals surface area contributed by atoms with Crippen LogP contribution in [0, 0.1) is 5.82 Å². The van der Waals surface area contributed by atoms with E-state index in [4.69, 9.17) is 5.11 Å². The number of carboxylic acids is 1. The zero-order valence-corrected chi connectivity index (χ0v) is 7.61. The van der Waals surface area contributed by atoms with E-state index in [2.05, 4.69) is 6.58 Å². The first-order valence-corrected chi connectivity index (χ1v) is 4.23. The summed E-state index contributed by atoms with van der Waals surface area (Å²) in [5.74, 6) is -1.61. The van der Waals surface area contributed by atoms with Crippen LogP contribution < -0.4 is 0 Å². The molecule has 0 fully saturated rings. The third kappa shape index (κ3) is 2.69. The van der Waals surface area contributed by atoms with Gasteiger partial charge in [-0.05, 0) is 17.7 Å². The maximum atomic E-state index is 12.8. The summed E-state index contributed by atoms with van der Waals surface area (Å²) in [5, 5.41) is 8.60. The summed E-state index contributed by atoms with van der Waals surface area (Å²) < 4.78 is 12.8. The molecule has 1 unspecified atom stereocenters. The number of rotatable bonds is 4. The monoisotopic (exact) mass is 194 g/mol. The van der Waals surface area contributed by atoms with E-state index in [1.807, 2.05) is 0 Å². The molecule has 74 valence electrons. The molecule has 1 rings (SSSR count). The highest BCUT2D eigenvalue weighted by Gasteiger charge is 2.11. The van der Waals surface area contributed by atoms with Crippen LogP contribution in [0.3, 0.4) is 0 Å². The fourth-order valence-corrected chi connectivity index (χ4v) is 1.26. The van der Waals surface area contributed by atoms with Gasteiger partial charge in [0, 0.05) is 5.92 Å². The molecule has 0 saturated carbocycles. The first-order chi connectivity index (χ1) is 6.63. The van der Waals surface area contributed by atoms with Crippen molar-refractivity contribution in [3.8, 4) is 0 Å². The number of carboxylic acid groups (broad SMARTS) is 1. The standard InChI is InChI=1S/C11H11FO2/c1-2-8(7-11(13)14)9-4-3-5-10(12)6-9/h2-6,8H,1,7H2,(H,13,14). The maximum Gasteiger partial charge on any atom is 0.304 e. The Morgan fingerprint density at radius 3 is 2.86 bits per heavy atom. The van der Waals surface area contributed by atoms with Gasteiger partial charge in [-0.1, -0.05) is 18.2 Å². The van der Waals surface area contributed by atoms with Crippen LogP contribution in [-0.4, -0.2) is 11.1 Å². The van der Waals surface area contributed by atoms with Crippen LogP contribution >= 0.6 is 0 Å². The number of halogens is 1. The van der Waals surface area contributed by atoms with Crippen LogP contribution in [0.5, 0.6) is 0 Å². The van der Waals surface area contributed by atoms with Crippen molar-refractivity contribution in [2.45, 2.75) is 12.3 Å². The summed E-state index contributed by atoms with van der Waals surface area (Å²) in [7, 11) is 0. The highest BCUT2D eigenvalue weighted by molar-refractivity contribution is 5.68. The van der Waals surface area contributed by atoms with E-state index in [1.165, 1.54) is 18.2 Å². The minimum Gasteiger partial charge on any atom is -0.481 e. The van der Waals surface area contributed by atoms with Crippen molar-refractivity contribution in [1.82, 2.24) is 0 Å². The molecule has 1 aromatic carbocycles. The zero-order chi connectivity index (χ0) is 10.6. The average Bonchev–Trinajstić information content (AvgIpc) is 2.14. The normalized spacial score (nSPS) is 12.1. The lowest BCUT2D eigenvalue weighted by atomic mass is 9.96. The molecule has 0 spiro atoms. The molecular formula is C11H11FO2. The quantitative estimate of drug-likeness (QED) is 0.748. The van der Waals surface area contributed by atoms with Crippen molar-refractivity contribution < 1.29 is 14.3 Å². The van der Waals surface area contributed by atoms with E-state index in [0.717, 1.165) is 0 Å². The Kier molecular flexibility index (Phi) is 3.40. The molecule has 0 radical (unpaired) electrons. The third-order valence-corrected chi connectivity index (χ3v) is 1.96. The van der Waals surface area contributed by atoms with Gasteiger partial charge in [-0.3, -0.25) is 4.79 Å². The Labute approximate surface area is 81.7 Å². The molecule has 1 atom stereocenters. The molecule has 14 heavy (non-hydrogen) atoms. The second-order valence-electron chi connectivity index (χ2n) is 3.00.